The summed E-state index contributed by atoms with van der Waals surface area (Å²) in [6.07, 6.45) is 0.821. The number of carbonyl (C=O) groups excluding carboxylic acids is 2. The first kappa shape index (κ1) is 14.3. The van der Waals surface area contributed by atoms with Gasteiger partial charge in [0, 0.05) is 24.8 Å². The van der Waals surface area contributed by atoms with E-state index in [9.17, 15) is 9.59 Å². The Morgan fingerprint density at radius 2 is 2.25 bits per heavy atom. The lowest BCUT2D eigenvalue weighted by Crippen LogP contribution is -2.41. The van der Waals surface area contributed by atoms with E-state index in [1.807, 2.05) is 25.1 Å². The maximum Gasteiger partial charge on any atom is 0.319 e. The van der Waals surface area contributed by atoms with Gasteiger partial charge in [0.1, 0.15) is 0 Å². The molecule has 1 aliphatic rings. The molecule has 1 aromatic carbocycles. The standard InChI is InChI=1S/C14H20N4O2/c1-10-3-2-4-12(7-10)17-14(20)16-8-13(19)18-6-5-11(15)9-18/h2-4,7,11H,5-6,8-9,15H2,1H3,(H2,16,17,20)/t11-/m1/s1. The van der Waals surface area contributed by atoms with Gasteiger partial charge in [0.2, 0.25) is 5.91 Å². The van der Waals surface area contributed by atoms with Gasteiger partial charge in [-0.2, -0.15) is 0 Å². The number of likely N-dealkylation sites (tertiary alicyclic amines) is 1. The molecular formula is C14H20N4O2. The summed E-state index contributed by atoms with van der Waals surface area (Å²) in [5.41, 5.74) is 7.51. The second-order valence-corrected chi connectivity index (χ2v) is 5.07. The van der Waals surface area contributed by atoms with Gasteiger partial charge < -0.3 is 21.3 Å². The van der Waals surface area contributed by atoms with Gasteiger partial charge in [-0.25, -0.2) is 4.79 Å². The van der Waals surface area contributed by atoms with E-state index in [1.54, 1.807) is 11.0 Å². The molecule has 6 nitrogen and oxygen atoms in total. The van der Waals surface area contributed by atoms with Crippen LogP contribution in [-0.4, -0.2) is 42.5 Å². The molecular weight excluding hydrogens is 256 g/mol. The smallest absolute Gasteiger partial charge is 0.319 e. The summed E-state index contributed by atoms with van der Waals surface area (Å²) in [7, 11) is 0. The van der Waals surface area contributed by atoms with E-state index in [1.165, 1.54) is 0 Å². The molecule has 1 atom stereocenters. The summed E-state index contributed by atoms with van der Waals surface area (Å²) in [5.74, 6) is -0.0997. The third-order valence-electron chi connectivity index (χ3n) is 3.25. The maximum absolute atomic E-state index is 11.8. The number of aryl methyl sites for hydroxylation is 1. The monoisotopic (exact) mass is 276 g/mol. The molecule has 1 heterocycles. The molecule has 0 radical (unpaired) electrons. The van der Waals surface area contributed by atoms with E-state index in [2.05, 4.69) is 10.6 Å². The molecule has 2 rings (SSSR count). The summed E-state index contributed by atoms with van der Waals surface area (Å²) in [4.78, 5) is 25.2. The number of hydrogen-bond donors (Lipinski definition) is 3. The number of urea groups is 1. The lowest BCUT2D eigenvalue weighted by atomic mass is 10.2. The van der Waals surface area contributed by atoms with Crippen LogP contribution in [0.25, 0.3) is 0 Å². The molecule has 4 N–H and O–H groups in total. The molecule has 20 heavy (non-hydrogen) atoms. The Labute approximate surface area is 118 Å². The van der Waals surface area contributed by atoms with E-state index in [4.69, 9.17) is 5.73 Å². The number of benzene rings is 1. The maximum atomic E-state index is 11.8. The lowest BCUT2D eigenvalue weighted by molar-refractivity contribution is -0.129. The number of rotatable bonds is 3. The number of carbonyl (C=O) groups is 2. The average Bonchev–Trinajstić information content (AvgIpc) is 2.83. The van der Waals surface area contributed by atoms with Crippen molar-refractivity contribution in [3.8, 4) is 0 Å². The normalized spacial score (nSPS) is 17.9. The topological polar surface area (TPSA) is 87.5 Å². The molecule has 0 unspecified atom stereocenters. The second kappa shape index (κ2) is 6.38. The summed E-state index contributed by atoms with van der Waals surface area (Å²) in [6.45, 7) is 3.18. The number of nitrogens with zero attached hydrogens (tertiary/aromatic N) is 1. The van der Waals surface area contributed by atoms with Crippen LogP contribution in [0.1, 0.15) is 12.0 Å². The molecule has 0 aromatic heterocycles. The van der Waals surface area contributed by atoms with Gasteiger partial charge in [-0.15, -0.1) is 0 Å². The minimum absolute atomic E-state index is 0.00955. The van der Waals surface area contributed by atoms with Crippen LogP contribution in [0.3, 0.4) is 0 Å². The van der Waals surface area contributed by atoms with Crippen LogP contribution >= 0.6 is 0 Å². The Morgan fingerprint density at radius 1 is 1.45 bits per heavy atom. The van der Waals surface area contributed by atoms with Crippen LogP contribution in [0.5, 0.6) is 0 Å². The number of nitrogens with one attached hydrogen (secondary N) is 2. The van der Waals surface area contributed by atoms with Gasteiger partial charge in [0.05, 0.1) is 6.54 Å². The lowest BCUT2D eigenvalue weighted by Gasteiger charge is -2.16. The highest BCUT2D eigenvalue weighted by atomic mass is 16.2. The van der Waals surface area contributed by atoms with Gasteiger partial charge in [-0.3, -0.25) is 4.79 Å². The van der Waals surface area contributed by atoms with Gasteiger partial charge in [0.25, 0.3) is 0 Å². The van der Waals surface area contributed by atoms with Gasteiger partial charge in [0.15, 0.2) is 0 Å². The van der Waals surface area contributed by atoms with Crippen molar-refractivity contribution in [2.45, 2.75) is 19.4 Å². The molecule has 3 amide bonds. The Bertz CT molecular complexity index is 504. The zero-order chi connectivity index (χ0) is 14.5. The number of hydrogen-bond acceptors (Lipinski definition) is 3. The average molecular weight is 276 g/mol. The van der Waals surface area contributed by atoms with Crippen LogP contribution < -0.4 is 16.4 Å². The minimum atomic E-state index is -0.382. The van der Waals surface area contributed by atoms with E-state index in [-0.39, 0.29) is 24.5 Å². The highest BCUT2D eigenvalue weighted by molar-refractivity contribution is 5.92. The molecule has 1 aromatic rings. The van der Waals surface area contributed by atoms with E-state index < -0.39 is 0 Å². The fraction of sp³-hybridized carbons (Fsp3) is 0.429. The van der Waals surface area contributed by atoms with E-state index in [0.29, 0.717) is 18.8 Å². The van der Waals surface area contributed by atoms with Gasteiger partial charge in [-0.05, 0) is 31.0 Å². The van der Waals surface area contributed by atoms with Crippen molar-refractivity contribution >= 4 is 17.6 Å². The Kier molecular flexibility index (Phi) is 4.57. The second-order valence-electron chi connectivity index (χ2n) is 5.07. The molecule has 108 valence electrons. The van der Waals surface area contributed by atoms with Crippen molar-refractivity contribution in [3.63, 3.8) is 0 Å². The Morgan fingerprint density at radius 3 is 2.90 bits per heavy atom. The summed E-state index contributed by atoms with van der Waals surface area (Å²) in [6, 6.07) is 7.15. The predicted octanol–water partition coefficient (Wildman–Crippen LogP) is 0.676. The van der Waals surface area contributed by atoms with Crippen molar-refractivity contribution in [2.75, 3.05) is 25.0 Å². The highest BCUT2D eigenvalue weighted by Gasteiger charge is 2.23. The number of anilines is 1. The summed E-state index contributed by atoms with van der Waals surface area (Å²) in [5, 5.41) is 5.25. The van der Waals surface area contributed by atoms with Crippen molar-refractivity contribution in [3.05, 3.63) is 29.8 Å². The SMILES string of the molecule is Cc1cccc(NC(=O)NCC(=O)N2CC[C@@H](N)C2)c1. The Hall–Kier alpha value is -2.08. The molecule has 0 saturated carbocycles. The zero-order valence-corrected chi connectivity index (χ0v) is 11.6. The molecule has 1 fully saturated rings. The van der Waals surface area contributed by atoms with E-state index in [0.717, 1.165) is 12.0 Å². The van der Waals surface area contributed by atoms with E-state index >= 15 is 0 Å². The molecule has 6 heteroatoms. The molecule has 0 spiro atoms. The van der Waals surface area contributed by atoms with Crippen LogP contribution in [0, 0.1) is 6.92 Å². The summed E-state index contributed by atoms with van der Waals surface area (Å²) >= 11 is 0. The fourth-order valence-corrected chi connectivity index (χ4v) is 2.18. The summed E-state index contributed by atoms with van der Waals surface area (Å²) < 4.78 is 0. The van der Waals surface area contributed by atoms with Gasteiger partial charge in [-0.1, -0.05) is 12.1 Å². The third kappa shape index (κ3) is 3.96. The minimum Gasteiger partial charge on any atom is -0.340 e. The number of nitrogens with two attached hydrogens (primary N) is 1. The van der Waals surface area contributed by atoms with Crippen LogP contribution in [0.4, 0.5) is 10.5 Å². The quantitative estimate of drug-likeness (QED) is 0.758. The van der Waals surface area contributed by atoms with Crippen LogP contribution in [0.15, 0.2) is 24.3 Å². The molecule has 0 bridgehead atoms. The van der Waals surface area contributed by atoms with Crippen molar-refractivity contribution in [2.24, 2.45) is 5.73 Å². The molecule has 0 aliphatic carbocycles. The third-order valence-corrected chi connectivity index (χ3v) is 3.25. The van der Waals surface area contributed by atoms with Crippen molar-refractivity contribution in [1.29, 1.82) is 0 Å². The van der Waals surface area contributed by atoms with Gasteiger partial charge >= 0.3 is 6.03 Å². The van der Waals surface area contributed by atoms with Crippen LogP contribution in [-0.2, 0) is 4.79 Å². The van der Waals surface area contributed by atoms with Crippen molar-refractivity contribution in [1.82, 2.24) is 10.2 Å². The first-order valence-electron chi connectivity index (χ1n) is 6.69. The fourth-order valence-electron chi connectivity index (χ4n) is 2.18. The zero-order valence-electron chi connectivity index (χ0n) is 11.6. The predicted molar refractivity (Wildman–Crippen MR) is 77.4 cm³/mol. The largest absolute Gasteiger partial charge is 0.340 e. The first-order chi connectivity index (χ1) is 9.54. The van der Waals surface area contributed by atoms with Crippen molar-refractivity contribution < 1.29 is 9.59 Å². The van der Waals surface area contributed by atoms with Crippen LogP contribution in [0.2, 0.25) is 0 Å². The molecule has 1 aliphatic heterocycles. The highest BCUT2D eigenvalue weighted by Crippen LogP contribution is 2.09. The number of amides is 3. The first-order valence-corrected chi connectivity index (χ1v) is 6.69. The molecule has 1 saturated heterocycles. The Balaban J connectivity index is 1.76.